The van der Waals surface area contributed by atoms with Crippen molar-refractivity contribution in [2.24, 2.45) is 0 Å². The third kappa shape index (κ3) is 4.25. The molecule has 0 aromatic carbocycles. The van der Waals surface area contributed by atoms with Crippen LogP contribution in [0.5, 0.6) is 0 Å². The Hall–Kier alpha value is -1.16. The predicted molar refractivity (Wildman–Crippen MR) is 61.1 cm³/mol. The van der Waals surface area contributed by atoms with Gasteiger partial charge in [-0.25, -0.2) is 4.98 Å². The van der Waals surface area contributed by atoms with E-state index in [1.807, 2.05) is 13.8 Å². The van der Waals surface area contributed by atoms with E-state index in [2.05, 4.69) is 15.3 Å². The molecule has 4 nitrogen and oxygen atoms in total. The fraction of sp³-hybridized carbons (Fsp3) is 0.636. The molecule has 1 heterocycles. The third-order valence-corrected chi connectivity index (χ3v) is 2.27. The first-order valence-corrected chi connectivity index (χ1v) is 5.27. The van der Waals surface area contributed by atoms with Gasteiger partial charge in [-0.3, -0.25) is 4.98 Å². The van der Waals surface area contributed by atoms with E-state index >= 15 is 0 Å². The van der Waals surface area contributed by atoms with Crippen molar-refractivity contribution in [1.82, 2.24) is 9.97 Å². The molecule has 0 aliphatic rings. The largest absolute Gasteiger partial charge is 0.385 e. The van der Waals surface area contributed by atoms with Crippen LogP contribution in [-0.2, 0) is 4.74 Å². The summed E-state index contributed by atoms with van der Waals surface area (Å²) >= 11 is 0. The first kappa shape index (κ1) is 11.9. The average Bonchev–Trinajstić information content (AvgIpc) is 2.23. The molecule has 0 radical (unpaired) electrons. The van der Waals surface area contributed by atoms with Crippen molar-refractivity contribution >= 4 is 5.82 Å². The van der Waals surface area contributed by atoms with E-state index in [0.29, 0.717) is 0 Å². The molecule has 1 aromatic heterocycles. The van der Waals surface area contributed by atoms with Gasteiger partial charge >= 0.3 is 0 Å². The molecule has 1 rings (SSSR count). The Bertz CT molecular complexity index is 302. The summed E-state index contributed by atoms with van der Waals surface area (Å²) in [5.74, 6) is 0.857. The molecule has 0 atom stereocenters. The third-order valence-electron chi connectivity index (χ3n) is 2.27. The highest BCUT2D eigenvalue weighted by Gasteiger charge is 1.98. The van der Waals surface area contributed by atoms with Gasteiger partial charge in [0.25, 0.3) is 0 Å². The maximum Gasteiger partial charge on any atom is 0.144 e. The summed E-state index contributed by atoms with van der Waals surface area (Å²) in [6.07, 6.45) is 3.93. The highest BCUT2D eigenvalue weighted by atomic mass is 16.5. The van der Waals surface area contributed by atoms with Gasteiger partial charge in [0.2, 0.25) is 0 Å². The number of nitrogens with zero attached hydrogens (tertiary/aromatic N) is 2. The Labute approximate surface area is 91.1 Å². The quantitative estimate of drug-likeness (QED) is 0.727. The number of methoxy groups -OCH3 is 1. The van der Waals surface area contributed by atoms with Crippen LogP contribution < -0.4 is 5.32 Å². The Kier molecular flexibility index (Phi) is 5.04. The first-order valence-electron chi connectivity index (χ1n) is 5.27. The number of aromatic nitrogens is 2. The standard InChI is InChI=1S/C11H19N3O/c1-9-10(2)14-11(8-13-9)12-6-4-5-7-15-3/h8H,4-7H2,1-3H3,(H,12,14). The van der Waals surface area contributed by atoms with Crippen LogP contribution in [-0.4, -0.2) is 30.2 Å². The van der Waals surface area contributed by atoms with Crippen molar-refractivity contribution in [3.8, 4) is 0 Å². The lowest BCUT2D eigenvalue weighted by Crippen LogP contribution is -2.06. The molecule has 84 valence electrons. The summed E-state index contributed by atoms with van der Waals surface area (Å²) in [5.41, 5.74) is 1.97. The minimum atomic E-state index is 0.820. The molecule has 0 amide bonds. The summed E-state index contributed by atoms with van der Waals surface area (Å²) in [6.45, 7) is 5.67. The molecule has 0 aliphatic heterocycles. The number of anilines is 1. The van der Waals surface area contributed by atoms with Gasteiger partial charge in [0.05, 0.1) is 17.6 Å². The van der Waals surface area contributed by atoms with E-state index in [9.17, 15) is 0 Å². The molecule has 0 fully saturated rings. The highest BCUT2D eigenvalue weighted by molar-refractivity contribution is 5.32. The van der Waals surface area contributed by atoms with Crippen molar-refractivity contribution in [2.75, 3.05) is 25.6 Å². The zero-order chi connectivity index (χ0) is 11.1. The number of hydrogen-bond acceptors (Lipinski definition) is 4. The summed E-state index contributed by atoms with van der Waals surface area (Å²) in [4.78, 5) is 8.63. The van der Waals surface area contributed by atoms with E-state index in [4.69, 9.17) is 4.74 Å². The number of rotatable bonds is 6. The number of nitrogens with one attached hydrogen (secondary N) is 1. The number of aryl methyl sites for hydroxylation is 2. The lowest BCUT2D eigenvalue weighted by molar-refractivity contribution is 0.194. The van der Waals surface area contributed by atoms with Crippen molar-refractivity contribution < 1.29 is 4.74 Å². The van der Waals surface area contributed by atoms with E-state index < -0.39 is 0 Å². The second kappa shape index (κ2) is 6.35. The minimum absolute atomic E-state index is 0.820. The number of unbranched alkanes of at least 4 members (excludes halogenated alkanes) is 1. The normalized spacial score (nSPS) is 10.3. The molecule has 0 unspecified atom stereocenters. The van der Waals surface area contributed by atoms with Gasteiger partial charge in [0.1, 0.15) is 5.82 Å². The van der Waals surface area contributed by atoms with E-state index in [0.717, 1.165) is 43.2 Å². The Balaban J connectivity index is 2.28. The predicted octanol–water partition coefficient (Wildman–Crippen LogP) is 1.93. The van der Waals surface area contributed by atoms with Gasteiger partial charge in [0, 0.05) is 20.3 Å². The number of hydrogen-bond donors (Lipinski definition) is 1. The Morgan fingerprint density at radius 3 is 2.73 bits per heavy atom. The topological polar surface area (TPSA) is 47.0 Å². The summed E-state index contributed by atoms with van der Waals surface area (Å²) < 4.78 is 4.97. The van der Waals surface area contributed by atoms with E-state index in [1.165, 1.54) is 0 Å². The maximum atomic E-state index is 4.97. The lowest BCUT2D eigenvalue weighted by atomic mass is 10.3. The van der Waals surface area contributed by atoms with Gasteiger partial charge in [0.15, 0.2) is 0 Å². The van der Waals surface area contributed by atoms with Crippen molar-refractivity contribution in [2.45, 2.75) is 26.7 Å². The zero-order valence-corrected chi connectivity index (χ0v) is 9.71. The van der Waals surface area contributed by atoms with Crippen LogP contribution in [0.1, 0.15) is 24.2 Å². The van der Waals surface area contributed by atoms with Crippen molar-refractivity contribution in [3.05, 3.63) is 17.6 Å². The fourth-order valence-corrected chi connectivity index (χ4v) is 1.21. The van der Waals surface area contributed by atoms with E-state index in [1.54, 1.807) is 13.3 Å². The summed E-state index contributed by atoms with van der Waals surface area (Å²) in [7, 11) is 1.72. The zero-order valence-electron chi connectivity index (χ0n) is 9.71. The SMILES string of the molecule is COCCCCNc1cnc(C)c(C)n1. The first-order chi connectivity index (χ1) is 7.24. The van der Waals surface area contributed by atoms with Crippen LogP contribution in [0.15, 0.2) is 6.20 Å². The fourth-order valence-electron chi connectivity index (χ4n) is 1.21. The molecule has 0 bridgehead atoms. The van der Waals surface area contributed by atoms with Crippen molar-refractivity contribution in [1.29, 1.82) is 0 Å². The van der Waals surface area contributed by atoms with Crippen molar-refractivity contribution in [3.63, 3.8) is 0 Å². The molecule has 0 saturated carbocycles. The molecule has 1 aromatic rings. The molecule has 4 heteroatoms. The van der Waals surface area contributed by atoms with Crippen LogP contribution in [0.25, 0.3) is 0 Å². The molecule has 0 aliphatic carbocycles. The summed E-state index contributed by atoms with van der Waals surface area (Å²) in [5, 5.41) is 3.24. The van der Waals surface area contributed by atoms with Gasteiger partial charge in [-0.2, -0.15) is 0 Å². The molecular weight excluding hydrogens is 190 g/mol. The molecule has 1 N–H and O–H groups in total. The molecule has 0 spiro atoms. The average molecular weight is 209 g/mol. The van der Waals surface area contributed by atoms with Crippen LogP contribution in [0.2, 0.25) is 0 Å². The second-order valence-electron chi connectivity index (χ2n) is 3.55. The molecule has 0 saturated heterocycles. The smallest absolute Gasteiger partial charge is 0.144 e. The monoisotopic (exact) mass is 209 g/mol. The highest BCUT2D eigenvalue weighted by Crippen LogP contribution is 2.05. The Morgan fingerprint density at radius 2 is 2.07 bits per heavy atom. The van der Waals surface area contributed by atoms with Crippen LogP contribution in [0, 0.1) is 13.8 Å². The van der Waals surface area contributed by atoms with Crippen LogP contribution in [0.3, 0.4) is 0 Å². The second-order valence-corrected chi connectivity index (χ2v) is 3.55. The van der Waals surface area contributed by atoms with Crippen LogP contribution >= 0.6 is 0 Å². The van der Waals surface area contributed by atoms with Crippen LogP contribution in [0.4, 0.5) is 5.82 Å². The number of ether oxygens (including phenoxy) is 1. The molecular formula is C11H19N3O. The Morgan fingerprint density at radius 1 is 1.27 bits per heavy atom. The maximum absolute atomic E-state index is 4.97. The van der Waals surface area contributed by atoms with Gasteiger partial charge in [-0.05, 0) is 26.7 Å². The van der Waals surface area contributed by atoms with Gasteiger partial charge in [-0.15, -0.1) is 0 Å². The van der Waals surface area contributed by atoms with Gasteiger partial charge < -0.3 is 10.1 Å². The lowest BCUT2D eigenvalue weighted by Gasteiger charge is -2.06. The van der Waals surface area contributed by atoms with E-state index in [-0.39, 0.29) is 0 Å². The molecule has 15 heavy (non-hydrogen) atoms. The van der Waals surface area contributed by atoms with Gasteiger partial charge in [-0.1, -0.05) is 0 Å². The summed E-state index contributed by atoms with van der Waals surface area (Å²) in [6, 6.07) is 0. The minimum Gasteiger partial charge on any atom is -0.385 e.